The van der Waals surface area contributed by atoms with Crippen LogP contribution in [0.15, 0.2) is 54.6 Å². The molecule has 7 heteroatoms. The molecule has 2 saturated heterocycles. The van der Waals surface area contributed by atoms with Gasteiger partial charge >= 0.3 is 0 Å². The van der Waals surface area contributed by atoms with Gasteiger partial charge < -0.3 is 0 Å². The van der Waals surface area contributed by atoms with Crippen LogP contribution in [0.1, 0.15) is 12.0 Å². The van der Waals surface area contributed by atoms with Crippen molar-refractivity contribution in [2.75, 3.05) is 28.4 Å². The van der Waals surface area contributed by atoms with Crippen LogP contribution in [0.5, 0.6) is 0 Å². The van der Waals surface area contributed by atoms with Crippen LogP contribution in [0.25, 0.3) is 0 Å². The van der Waals surface area contributed by atoms with Gasteiger partial charge in [0.15, 0.2) is 0 Å². The lowest BCUT2D eigenvalue weighted by atomic mass is 9.76. The van der Waals surface area contributed by atoms with Crippen LogP contribution in [0.3, 0.4) is 0 Å². The molecule has 3 amide bonds. The van der Waals surface area contributed by atoms with Crippen molar-refractivity contribution in [3.05, 3.63) is 60.2 Å². The summed E-state index contributed by atoms with van der Waals surface area (Å²) in [5, 5.41) is 3.49. The monoisotopic (exact) mass is 445 g/mol. The number of carbonyl (C=O) groups is 3. The normalized spacial score (nSPS) is 28.4. The molecule has 0 bridgehead atoms. The number of para-hydroxylation sites is 2. The molecule has 3 aliphatic rings. The van der Waals surface area contributed by atoms with E-state index in [1.807, 2.05) is 36.6 Å². The molecule has 32 heavy (non-hydrogen) atoms. The van der Waals surface area contributed by atoms with Crippen molar-refractivity contribution in [1.82, 2.24) is 5.32 Å². The van der Waals surface area contributed by atoms with Gasteiger partial charge in [-0.2, -0.15) is 11.8 Å². The molecule has 0 radical (unpaired) electrons. The van der Waals surface area contributed by atoms with E-state index in [1.54, 1.807) is 40.9 Å². The average Bonchev–Trinajstić information content (AvgIpc) is 3.38. The number of amides is 3. The molecule has 1 spiro atoms. The molecule has 2 aromatic carbocycles. The smallest absolute Gasteiger partial charge is 0.253 e. The lowest BCUT2D eigenvalue weighted by Gasteiger charge is -2.30. The van der Waals surface area contributed by atoms with E-state index >= 15 is 0 Å². The second-order valence-electron chi connectivity index (χ2n) is 8.30. The number of thioether (sulfide) groups is 1. The number of hydrogen-bond donors (Lipinski definition) is 1. The van der Waals surface area contributed by atoms with Gasteiger partial charge in [0.2, 0.25) is 11.8 Å². The number of benzene rings is 2. The number of fused-ring (bicyclic) bond motifs is 4. The van der Waals surface area contributed by atoms with Crippen LogP contribution >= 0.6 is 11.8 Å². The van der Waals surface area contributed by atoms with Crippen molar-refractivity contribution < 1.29 is 14.4 Å². The number of carbonyl (C=O) groups excluding carboxylic acids is 3. The van der Waals surface area contributed by atoms with E-state index < -0.39 is 17.4 Å². The molecule has 2 aromatic rings. The number of nitrogens with one attached hydrogen (secondary N) is 1. The number of rotatable bonds is 5. The standard InChI is InChI=1S/C25H23N3O3S/c1-3-14-27-19-12-8-7-11-17(19)25(24(27)31)21-20(18(26-25)13-15-32-2)22(29)28(23(21)30)16-9-5-4-6-10-16/h1,4-12,18,20-21,26H,13-15H2,2H3/t18-,20+,21+,25+/m1/s1. The SMILES string of the molecule is C#CCN1C(=O)[C@]2(N[C@H](CCSC)[C@@H]3C(=O)N(c4ccccc4)C(=O)[C@H]32)c2ccccc21. The average molecular weight is 446 g/mol. The van der Waals surface area contributed by atoms with E-state index in [1.165, 1.54) is 4.90 Å². The van der Waals surface area contributed by atoms with Crippen molar-refractivity contribution in [3.63, 3.8) is 0 Å². The third kappa shape index (κ3) is 2.70. The summed E-state index contributed by atoms with van der Waals surface area (Å²) in [6.07, 6.45) is 8.25. The van der Waals surface area contributed by atoms with Crippen molar-refractivity contribution in [2.24, 2.45) is 11.8 Å². The lowest BCUT2D eigenvalue weighted by molar-refractivity contribution is -0.132. The predicted octanol–water partition coefficient (Wildman–Crippen LogP) is 2.39. The molecule has 4 atom stereocenters. The first-order valence-electron chi connectivity index (χ1n) is 10.6. The number of hydrogen-bond acceptors (Lipinski definition) is 5. The molecule has 0 aromatic heterocycles. The summed E-state index contributed by atoms with van der Waals surface area (Å²) >= 11 is 1.68. The third-order valence-corrected chi connectivity index (χ3v) is 7.41. The molecule has 3 heterocycles. The molecule has 162 valence electrons. The second kappa shape index (κ2) is 7.80. The zero-order valence-corrected chi connectivity index (χ0v) is 18.5. The minimum Gasteiger partial charge on any atom is -0.298 e. The number of terminal acetylenes is 1. The Kier molecular flexibility index (Phi) is 5.07. The molecular weight excluding hydrogens is 422 g/mol. The van der Waals surface area contributed by atoms with E-state index in [9.17, 15) is 14.4 Å². The van der Waals surface area contributed by atoms with Crippen LogP contribution < -0.4 is 15.1 Å². The Morgan fingerprint density at radius 2 is 1.78 bits per heavy atom. The number of imide groups is 1. The highest BCUT2D eigenvalue weighted by Crippen LogP contribution is 2.55. The van der Waals surface area contributed by atoms with Crippen LogP contribution in [0.4, 0.5) is 11.4 Å². The van der Waals surface area contributed by atoms with Gasteiger partial charge in [0.25, 0.3) is 5.91 Å². The molecule has 0 unspecified atom stereocenters. The largest absolute Gasteiger partial charge is 0.298 e. The van der Waals surface area contributed by atoms with Gasteiger partial charge in [0.05, 0.1) is 29.8 Å². The van der Waals surface area contributed by atoms with E-state index in [2.05, 4.69) is 11.2 Å². The van der Waals surface area contributed by atoms with Gasteiger partial charge in [-0.3, -0.25) is 24.6 Å². The van der Waals surface area contributed by atoms with Gasteiger partial charge in [0.1, 0.15) is 5.54 Å². The summed E-state index contributed by atoms with van der Waals surface area (Å²) in [7, 11) is 0. The molecule has 0 aliphatic carbocycles. The highest BCUT2D eigenvalue weighted by atomic mass is 32.2. The minimum absolute atomic E-state index is 0.108. The van der Waals surface area contributed by atoms with Crippen molar-refractivity contribution in [3.8, 4) is 12.3 Å². The van der Waals surface area contributed by atoms with Gasteiger partial charge in [-0.05, 0) is 36.6 Å². The van der Waals surface area contributed by atoms with Gasteiger partial charge in [-0.25, -0.2) is 4.90 Å². The Hall–Kier alpha value is -3.08. The zero-order chi connectivity index (χ0) is 22.5. The molecular formula is C25H23N3O3S. The summed E-state index contributed by atoms with van der Waals surface area (Å²) in [5.41, 5.74) is 0.663. The summed E-state index contributed by atoms with van der Waals surface area (Å²) in [4.78, 5) is 44.2. The third-order valence-electron chi connectivity index (χ3n) is 6.76. The van der Waals surface area contributed by atoms with Crippen LogP contribution in [0.2, 0.25) is 0 Å². The molecule has 6 nitrogen and oxygen atoms in total. The quantitative estimate of drug-likeness (QED) is 0.565. The van der Waals surface area contributed by atoms with Crippen molar-refractivity contribution in [2.45, 2.75) is 18.0 Å². The van der Waals surface area contributed by atoms with E-state index in [4.69, 9.17) is 6.42 Å². The first-order chi connectivity index (χ1) is 15.6. The maximum absolute atomic E-state index is 13.9. The van der Waals surface area contributed by atoms with E-state index in [-0.39, 0.29) is 30.3 Å². The highest BCUT2D eigenvalue weighted by molar-refractivity contribution is 7.98. The topological polar surface area (TPSA) is 69.7 Å². The zero-order valence-electron chi connectivity index (χ0n) is 17.7. The molecule has 0 saturated carbocycles. The van der Waals surface area contributed by atoms with Crippen LogP contribution in [0, 0.1) is 24.2 Å². The minimum atomic E-state index is -1.29. The van der Waals surface area contributed by atoms with E-state index in [0.717, 1.165) is 11.3 Å². The summed E-state index contributed by atoms with van der Waals surface area (Å²) < 4.78 is 0. The van der Waals surface area contributed by atoms with Gasteiger partial charge in [-0.1, -0.05) is 42.3 Å². The summed E-state index contributed by atoms with van der Waals surface area (Å²) in [5.74, 6) is 1.10. The second-order valence-corrected chi connectivity index (χ2v) is 9.29. The fourth-order valence-electron chi connectivity index (χ4n) is 5.52. The fraction of sp³-hybridized carbons (Fsp3) is 0.320. The summed E-state index contributed by atoms with van der Waals surface area (Å²) in [6.45, 7) is 0.108. The molecule has 3 aliphatic heterocycles. The van der Waals surface area contributed by atoms with Crippen LogP contribution in [-0.2, 0) is 19.9 Å². The van der Waals surface area contributed by atoms with Gasteiger partial charge in [-0.15, -0.1) is 6.42 Å². The lowest BCUT2D eigenvalue weighted by Crippen LogP contribution is -2.55. The molecule has 2 fully saturated rings. The van der Waals surface area contributed by atoms with E-state index in [0.29, 0.717) is 17.8 Å². The fourth-order valence-corrected chi connectivity index (χ4v) is 6.01. The van der Waals surface area contributed by atoms with Crippen molar-refractivity contribution >= 4 is 40.9 Å². The Bertz CT molecular complexity index is 1140. The van der Waals surface area contributed by atoms with Gasteiger partial charge in [0, 0.05) is 11.6 Å². The van der Waals surface area contributed by atoms with Crippen LogP contribution in [-0.4, -0.2) is 42.3 Å². The first kappa shape index (κ1) is 20.8. The molecule has 1 N–H and O–H groups in total. The Balaban J connectivity index is 1.68. The first-order valence-corrected chi connectivity index (χ1v) is 12.0. The number of anilines is 2. The highest BCUT2D eigenvalue weighted by Gasteiger charge is 2.71. The molecule has 5 rings (SSSR count). The Morgan fingerprint density at radius 3 is 2.50 bits per heavy atom. The predicted molar refractivity (Wildman–Crippen MR) is 125 cm³/mol. The maximum Gasteiger partial charge on any atom is 0.253 e. The maximum atomic E-state index is 13.9. The number of nitrogens with zero attached hydrogens (tertiary/aromatic N) is 2. The summed E-state index contributed by atoms with van der Waals surface area (Å²) in [6, 6.07) is 16.1. The Morgan fingerprint density at radius 1 is 1.06 bits per heavy atom. The van der Waals surface area contributed by atoms with Crippen molar-refractivity contribution in [1.29, 1.82) is 0 Å². The Labute approximate surface area is 191 Å².